The second-order valence-electron chi connectivity index (χ2n) is 2.10. The number of anilines is 1. The minimum absolute atomic E-state index is 0.348. The van der Waals surface area contributed by atoms with E-state index in [1.165, 1.54) is 6.20 Å². The summed E-state index contributed by atoms with van der Waals surface area (Å²) in [6.45, 7) is 2.65. The third-order valence-electron chi connectivity index (χ3n) is 1.13. The van der Waals surface area contributed by atoms with E-state index in [2.05, 4.69) is 9.97 Å². The fourth-order valence-electron chi connectivity index (χ4n) is 0.646. The third kappa shape index (κ3) is 2.07. The third-order valence-corrected chi connectivity index (χ3v) is 1.13. The zero-order chi connectivity index (χ0) is 8.10. The Labute approximate surface area is 65.4 Å². The zero-order valence-electron chi connectivity index (χ0n) is 6.45. The van der Waals surface area contributed by atoms with E-state index in [4.69, 9.17) is 10.5 Å². The maximum atomic E-state index is 5.46. The van der Waals surface area contributed by atoms with E-state index in [1.807, 2.05) is 6.92 Å². The monoisotopic (exact) mass is 153 g/mol. The van der Waals surface area contributed by atoms with Crippen LogP contribution in [0.5, 0.6) is 5.88 Å². The van der Waals surface area contributed by atoms with Crippen molar-refractivity contribution in [3.63, 3.8) is 0 Å². The van der Waals surface area contributed by atoms with Crippen molar-refractivity contribution in [2.24, 2.45) is 0 Å². The van der Waals surface area contributed by atoms with Gasteiger partial charge in [-0.1, -0.05) is 6.92 Å². The molecule has 4 heteroatoms. The molecule has 1 aromatic rings. The van der Waals surface area contributed by atoms with Crippen molar-refractivity contribution in [3.05, 3.63) is 12.4 Å². The molecule has 0 aliphatic carbocycles. The average molecular weight is 153 g/mol. The summed E-state index contributed by atoms with van der Waals surface area (Å²) in [5.41, 5.74) is 5.46. The summed E-state index contributed by atoms with van der Waals surface area (Å²) in [7, 11) is 0. The van der Waals surface area contributed by atoms with Gasteiger partial charge < -0.3 is 10.5 Å². The minimum atomic E-state index is 0.348. The molecule has 0 bridgehead atoms. The Morgan fingerprint density at radius 2 is 2.18 bits per heavy atom. The van der Waals surface area contributed by atoms with Gasteiger partial charge in [-0.3, -0.25) is 0 Å². The molecule has 0 spiro atoms. The van der Waals surface area contributed by atoms with Crippen LogP contribution in [-0.2, 0) is 0 Å². The molecule has 0 saturated heterocycles. The Hall–Kier alpha value is -1.32. The average Bonchev–Trinajstić information content (AvgIpc) is 2.03. The number of hydrogen-bond acceptors (Lipinski definition) is 4. The van der Waals surface area contributed by atoms with Crippen LogP contribution in [0.15, 0.2) is 12.4 Å². The largest absolute Gasteiger partial charge is 0.475 e. The van der Waals surface area contributed by atoms with E-state index in [9.17, 15) is 0 Å². The van der Waals surface area contributed by atoms with Crippen molar-refractivity contribution in [1.82, 2.24) is 9.97 Å². The SMILES string of the molecule is CCCOc1nccnc1N. The molecule has 0 fully saturated rings. The predicted molar refractivity (Wildman–Crippen MR) is 42.2 cm³/mol. The molecule has 2 N–H and O–H groups in total. The Bertz CT molecular complexity index is 227. The molecule has 1 aromatic heterocycles. The Morgan fingerprint density at radius 3 is 2.82 bits per heavy atom. The van der Waals surface area contributed by atoms with E-state index in [-0.39, 0.29) is 0 Å². The van der Waals surface area contributed by atoms with Gasteiger partial charge in [-0.15, -0.1) is 0 Å². The lowest BCUT2D eigenvalue weighted by Crippen LogP contribution is -2.02. The van der Waals surface area contributed by atoms with Crippen LogP contribution in [0.3, 0.4) is 0 Å². The highest BCUT2D eigenvalue weighted by molar-refractivity contribution is 5.38. The van der Waals surface area contributed by atoms with Crippen molar-refractivity contribution >= 4 is 5.82 Å². The lowest BCUT2D eigenvalue weighted by Gasteiger charge is -2.03. The lowest BCUT2D eigenvalue weighted by molar-refractivity contribution is 0.306. The summed E-state index contributed by atoms with van der Waals surface area (Å²) < 4.78 is 5.19. The van der Waals surface area contributed by atoms with Crippen molar-refractivity contribution in [2.45, 2.75) is 13.3 Å². The molecule has 0 radical (unpaired) electrons. The Balaban J connectivity index is 2.62. The fraction of sp³-hybridized carbons (Fsp3) is 0.429. The first-order chi connectivity index (χ1) is 5.34. The molecule has 60 valence electrons. The number of ether oxygens (including phenoxy) is 1. The highest BCUT2D eigenvalue weighted by atomic mass is 16.5. The van der Waals surface area contributed by atoms with E-state index in [1.54, 1.807) is 6.20 Å². The molecule has 0 amide bonds. The van der Waals surface area contributed by atoms with Crippen LogP contribution in [0.1, 0.15) is 13.3 Å². The van der Waals surface area contributed by atoms with E-state index >= 15 is 0 Å². The van der Waals surface area contributed by atoms with Gasteiger partial charge in [0.25, 0.3) is 5.88 Å². The van der Waals surface area contributed by atoms with Crippen LogP contribution in [0, 0.1) is 0 Å². The van der Waals surface area contributed by atoms with Gasteiger partial charge in [0, 0.05) is 12.4 Å². The van der Waals surface area contributed by atoms with Crippen LogP contribution < -0.4 is 10.5 Å². The topological polar surface area (TPSA) is 61.0 Å². The highest BCUT2D eigenvalue weighted by Crippen LogP contribution is 2.12. The van der Waals surface area contributed by atoms with Gasteiger partial charge in [-0.2, -0.15) is 0 Å². The summed E-state index contributed by atoms with van der Waals surface area (Å²) in [5.74, 6) is 0.773. The number of nitrogens with two attached hydrogens (primary N) is 1. The second-order valence-corrected chi connectivity index (χ2v) is 2.10. The second kappa shape index (κ2) is 3.75. The zero-order valence-corrected chi connectivity index (χ0v) is 6.45. The number of aromatic nitrogens is 2. The molecular formula is C7H11N3O. The molecule has 11 heavy (non-hydrogen) atoms. The maximum absolute atomic E-state index is 5.46. The van der Waals surface area contributed by atoms with Crippen LogP contribution in [0.2, 0.25) is 0 Å². The number of nitrogens with zero attached hydrogens (tertiary/aromatic N) is 2. The normalized spacial score (nSPS) is 9.55. The fourth-order valence-corrected chi connectivity index (χ4v) is 0.646. The molecule has 0 aromatic carbocycles. The first-order valence-electron chi connectivity index (χ1n) is 3.54. The van der Waals surface area contributed by atoms with Crippen molar-refractivity contribution in [3.8, 4) is 5.88 Å². The first kappa shape index (κ1) is 7.78. The van der Waals surface area contributed by atoms with Gasteiger partial charge in [0.1, 0.15) is 0 Å². The van der Waals surface area contributed by atoms with Crippen LogP contribution in [0.4, 0.5) is 5.82 Å². The van der Waals surface area contributed by atoms with Crippen LogP contribution >= 0.6 is 0 Å². The maximum Gasteiger partial charge on any atom is 0.257 e. The van der Waals surface area contributed by atoms with Gasteiger partial charge in [-0.05, 0) is 6.42 Å². The van der Waals surface area contributed by atoms with Crippen LogP contribution in [0.25, 0.3) is 0 Å². The molecular weight excluding hydrogens is 142 g/mol. The molecule has 0 aliphatic heterocycles. The summed E-state index contributed by atoms with van der Waals surface area (Å²) in [5, 5.41) is 0. The summed E-state index contributed by atoms with van der Waals surface area (Å²) >= 11 is 0. The van der Waals surface area contributed by atoms with E-state index in [0.717, 1.165) is 6.42 Å². The molecule has 0 unspecified atom stereocenters. The van der Waals surface area contributed by atoms with Gasteiger partial charge in [0.05, 0.1) is 6.61 Å². The van der Waals surface area contributed by atoms with Gasteiger partial charge in [0.2, 0.25) is 0 Å². The van der Waals surface area contributed by atoms with Crippen molar-refractivity contribution in [2.75, 3.05) is 12.3 Å². The standard InChI is InChI=1S/C7H11N3O/c1-2-5-11-7-6(8)9-3-4-10-7/h3-4H,2,5H2,1H3,(H2,8,9). The highest BCUT2D eigenvalue weighted by Gasteiger charge is 1.99. The van der Waals surface area contributed by atoms with Crippen molar-refractivity contribution < 1.29 is 4.74 Å². The first-order valence-corrected chi connectivity index (χ1v) is 3.54. The quantitative estimate of drug-likeness (QED) is 0.699. The van der Waals surface area contributed by atoms with E-state index in [0.29, 0.717) is 18.3 Å². The molecule has 4 nitrogen and oxygen atoms in total. The number of nitrogen functional groups attached to an aromatic ring is 1. The van der Waals surface area contributed by atoms with Gasteiger partial charge in [-0.25, -0.2) is 9.97 Å². The molecule has 1 heterocycles. The summed E-state index contributed by atoms with van der Waals surface area (Å²) in [4.78, 5) is 7.73. The number of hydrogen-bond donors (Lipinski definition) is 1. The number of rotatable bonds is 3. The minimum Gasteiger partial charge on any atom is -0.475 e. The predicted octanol–water partition coefficient (Wildman–Crippen LogP) is 0.848. The van der Waals surface area contributed by atoms with Crippen LogP contribution in [-0.4, -0.2) is 16.6 Å². The molecule has 0 aliphatic rings. The molecule has 0 atom stereocenters. The Morgan fingerprint density at radius 1 is 1.45 bits per heavy atom. The lowest BCUT2D eigenvalue weighted by atomic mass is 10.5. The molecule has 0 saturated carbocycles. The summed E-state index contributed by atoms with van der Waals surface area (Å²) in [6.07, 6.45) is 4.03. The van der Waals surface area contributed by atoms with Gasteiger partial charge >= 0.3 is 0 Å². The smallest absolute Gasteiger partial charge is 0.257 e. The van der Waals surface area contributed by atoms with Crippen molar-refractivity contribution in [1.29, 1.82) is 0 Å². The Kier molecular flexibility index (Phi) is 2.66. The van der Waals surface area contributed by atoms with Gasteiger partial charge in [0.15, 0.2) is 5.82 Å². The van der Waals surface area contributed by atoms with E-state index < -0.39 is 0 Å². The molecule has 1 rings (SSSR count). The summed E-state index contributed by atoms with van der Waals surface area (Å²) in [6, 6.07) is 0.